The number of rotatable bonds is 9. The first-order valence-electron chi connectivity index (χ1n) is 12.8. The van der Waals surface area contributed by atoms with Crippen LogP contribution < -0.4 is 16.4 Å². The van der Waals surface area contributed by atoms with Crippen molar-refractivity contribution in [2.24, 2.45) is 5.73 Å². The van der Waals surface area contributed by atoms with Gasteiger partial charge in [-0.2, -0.15) is 0 Å². The molecule has 2 aromatic rings. The molecule has 0 saturated heterocycles. The maximum atomic E-state index is 12.4. The maximum Gasteiger partial charge on any atom is 0.251 e. The van der Waals surface area contributed by atoms with Crippen LogP contribution in [0.15, 0.2) is 48.5 Å². The lowest BCUT2D eigenvalue weighted by atomic mass is 9.94. The van der Waals surface area contributed by atoms with Crippen molar-refractivity contribution in [3.05, 3.63) is 65.2 Å². The Labute approximate surface area is 224 Å². The number of ketones is 1. The van der Waals surface area contributed by atoms with Crippen molar-refractivity contribution in [3.63, 3.8) is 0 Å². The quantitative estimate of drug-likeness (QED) is 0.379. The summed E-state index contributed by atoms with van der Waals surface area (Å²) < 4.78 is 0. The van der Waals surface area contributed by atoms with Crippen LogP contribution in [0, 0.1) is 23.7 Å². The summed E-state index contributed by atoms with van der Waals surface area (Å²) in [7, 11) is 2.02. The molecule has 1 atom stereocenters. The molecule has 5 N–H and O–H groups in total. The van der Waals surface area contributed by atoms with E-state index in [0.717, 1.165) is 24.1 Å². The molecular formula is C30H34N4O4. The lowest BCUT2D eigenvalue weighted by Gasteiger charge is -2.30. The number of nitrogens with two attached hydrogens (primary N) is 1. The fourth-order valence-corrected chi connectivity index (χ4v) is 4.25. The van der Waals surface area contributed by atoms with Gasteiger partial charge in [0.2, 0.25) is 5.91 Å². The van der Waals surface area contributed by atoms with Crippen molar-refractivity contribution in [1.29, 1.82) is 0 Å². The maximum absolute atomic E-state index is 12.4. The van der Waals surface area contributed by atoms with Gasteiger partial charge in [-0.3, -0.25) is 19.3 Å². The number of carbonyl (C=O) groups excluding carboxylic acids is 3. The van der Waals surface area contributed by atoms with E-state index in [-0.39, 0.29) is 12.5 Å². The van der Waals surface area contributed by atoms with E-state index < -0.39 is 24.3 Å². The molecule has 0 aromatic heterocycles. The number of amides is 2. The highest BCUT2D eigenvalue weighted by molar-refractivity contribution is 5.98. The van der Waals surface area contributed by atoms with Crippen LogP contribution in [0.5, 0.6) is 0 Å². The minimum absolute atomic E-state index is 0.0240. The van der Waals surface area contributed by atoms with Crippen LogP contribution in [0.4, 0.5) is 5.69 Å². The van der Waals surface area contributed by atoms with E-state index in [1.165, 1.54) is 19.3 Å². The summed E-state index contributed by atoms with van der Waals surface area (Å²) >= 11 is 0. The van der Waals surface area contributed by atoms with Crippen LogP contribution in [-0.4, -0.2) is 66.4 Å². The number of hydrogen-bond acceptors (Lipinski definition) is 6. The minimum Gasteiger partial charge on any atom is -0.388 e. The highest BCUT2D eigenvalue weighted by atomic mass is 16.3. The van der Waals surface area contributed by atoms with E-state index in [9.17, 15) is 14.4 Å². The zero-order valence-electron chi connectivity index (χ0n) is 21.6. The second-order valence-corrected chi connectivity index (χ2v) is 9.30. The molecule has 38 heavy (non-hydrogen) atoms. The molecule has 1 aliphatic carbocycles. The summed E-state index contributed by atoms with van der Waals surface area (Å²) in [5, 5.41) is 14.4. The molecular weight excluding hydrogens is 480 g/mol. The Morgan fingerprint density at radius 2 is 1.55 bits per heavy atom. The molecule has 198 valence electrons. The van der Waals surface area contributed by atoms with Gasteiger partial charge in [0.05, 0.1) is 6.54 Å². The lowest BCUT2D eigenvalue weighted by molar-refractivity contribution is -0.123. The summed E-state index contributed by atoms with van der Waals surface area (Å²) in [5.74, 6) is 10.5. The van der Waals surface area contributed by atoms with Gasteiger partial charge in [0, 0.05) is 35.0 Å². The Bertz CT molecular complexity index is 1230. The van der Waals surface area contributed by atoms with Gasteiger partial charge in [0.15, 0.2) is 5.78 Å². The van der Waals surface area contributed by atoms with E-state index in [4.69, 9.17) is 10.8 Å². The number of carbonyl (C=O) groups is 3. The number of benzene rings is 2. The number of nitrogens with zero attached hydrogens (tertiary/aromatic N) is 1. The molecule has 0 spiro atoms. The number of Topliss-reactive ketones (excluding diaryl/α,β-unsaturated/α-hetero) is 1. The molecule has 1 fully saturated rings. The van der Waals surface area contributed by atoms with Crippen LogP contribution in [0.1, 0.15) is 53.6 Å². The number of likely N-dealkylation sites (N-methyl/N-ethyl adjacent to an activating group) is 1. The third kappa shape index (κ3) is 8.86. The Morgan fingerprint density at radius 3 is 2.11 bits per heavy atom. The lowest BCUT2D eigenvalue weighted by Crippen LogP contribution is -2.46. The van der Waals surface area contributed by atoms with Crippen LogP contribution in [0.3, 0.4) is 0 Å². The van der Waals surface area contributed by atoms with E-state index in [0.29, 0.717) is 23.7 Å². The molecule has 8 heteroatoms. The monoisotopic (exact) mass is 514 g/mol. The number of nitrogens with one attached hydrogen (secondary N) is 2. The first-order chi connectivity index (χ1) is 18.4. The summed E-state index contributed by atoms with van der Waals surface area (Å²) in [6.07, 6.45) is 6.09. The number of hydrogen-bond donors (Lipinski definition) is 4. The molecule has 2 amide bonds. The van der Waals surface area contributed by atoms with Crippen molar-refractivity contribution in [3.8, 4) is 23.7 Å². The second kappa shape index (κ2) is 14.7. The molecule has 1 aliphatic rings. The highest BCUT2D eigenvalue weighted by Crippen LogP contribution is 2.21. The number of aliphatic hydroxyl groups is 1. The van der Waals surface area contributed by atoms with Crippen molar-refractivity contribution >= 4 is 23.3 Å². The zero-order valence-corrected chi connectivity index (χ0v) is 21.6. The molecule has 0 unspecified atom stereocenters. The molecule has 8 nitrogen and oxygen atoms in total. The first-order valence-corrected chi connectivity index (χ1v) is 12.8. The van der Waals surface area contributed by atoms with Crippen molar-refractivity contribution in [2.45, 2.75) is 44.2 Å². The molecule has 3 rings (SSSR count). The normalized spacial score (nSPS) is 13.9. The molecule has 2 aromatic carbocycles. The average molecular weight is 515 g/mol. The first kappa shape index (κ1) is 28.6. The molecule has 0 bridgehead atoms. The fraction of sp³-hybridized carbons (Fsp3) is 0.367. The van der Waals surface area contributed by atoms with E-state index in [2.05, 4.69) is 39.2 Å². The molecule has 0 radical (unpaired) electrons. The summed E-state index contributed by atoms with van der Waals surface area (Å²) in [4.78, 5) is 38.4. The topological polar surface area (TPSA) is 125 Å². The van der Waals surface area contributed by atoms with Gasteiger partial charge in [-0.05, 0) is 80.3 Å². The van der Waals surface area contributed by atoms with Crippen molar-refractivity contribution in [2.75, 3.05) is 32.1 Å². The van der Waals surface area contributed by atoms with Gasteiger partial charge in [0.1, 0.15) is 12.6 Å². The van der Waals surface area contributed by atoms with Gasteiger partial charge >= 0.3 is 0 Å². The van der Waals surface area contributed by atoms with Crippen LogP contribution >= 0.6 is 0 Å². The van der Waals surface area contributed by atoms with E-state index in [1.807, 2.05) is 31.3 Å². The van der Waals surface area contributed by atoms with Gasteiger partial charge in [0.25, 0.3) is 5.91 Å². The third-order valence-electron chi connectivity index (χ3n) is 6.47. The predicted molar refractivity (Wildman–Crippen MR) is 147 cm³/mol. The zero-order chi connectivity index (χ0) is 27.3. The van der Waals surface area contributed by atoms with Gasteiger partial charge in [-0.25, -0.2) is 0 Å². The Morgan fingerprint density at radius 1 is 0.974 bits per heavy atom. The highest BCUT2D eigenvalue weighted by Gasteiger charge is 2.20. The summed E-state index contributed by atoms with van der Waals surface area (Å²) in [6.45, 7) is -0.398. The number of anilines is 1. The van der Waals surface area contributed by atoms with Gasteiger partial charge in [-0.1, -0.05) is 31.1 Å². The van der Waals surface area contributed by atoms with E-state index in [1.54, 1.807) is 24.3 Å². The Hall–Kier alpha value is -3.95. The second-order valence-electron chi connectivity index (χ2n) is 9.30. The summed E-state index contributed by atoms with van der Waals surface area (Å²) in [5.41, 5.74) is 8.00. The van der Waals surface area contributed by atoms with Crippen LogP contribution in [0.2, 0.25) is 0 Å². The third-order valence-corrected chi connectivity index (χ3v) is 6.47. The van der Waals surface area contributed by atoms with Crippen LogP contribution in [-0.2, 0) is 9.59 Å². The summed E-state index contributed by atoms with van der Waals surface area (Å²) in [6, 6.07) is 13.4. The smallest absolute Gasteiger partial charge is 0.251 e. The van der Waals surface area contributed by atoms with Crippen molar-refractivity contribution < 1.29 is 19.5 Å². The van der Waals surface area contributed by atoms with E-state index >= 15 is 0 Å². The number of aliphatic hydroxyl groups excluding tert-OH is 1. The Kier molecular flexibility index (Phi) is 11.1. The van der Waals surface area contributed by atoms with Gasteiger partial charge in [-0.15, -0.1) is 0 Å². The molecule has 0 aliphatic heterocycles. The predicted octanol–water partition coefficient (Wildman–Crippen LogP) is 1.91. The molecule has 1 saturated carbocycles. The minimum atomic E-state index is -0.930. The largest absolute Gasteiger partial charge is 0.388 e. The Balaban J connectivity index is 1.49. The fourth-order valence-electron chi connectivity index (χ4n) is 4.25. The average Bonchev–Trinajstić information content (AvgIpc) is 2.95. The van der Waals surface area contributed by atoms with Gasteiger partial charge < -0.3 is 21.5 Å². The SMILES string of the molecule is CN(CC(=O)Nc1ccc(C#CC#Cc2ccc(C(=O)N[C@@H](CN)C(=O)CO)cc2)cc1)C1CCCCC1. The van der Waals surface area contributed by atoms with Crippen molar-refractivity contribution in [1.82, 2.24) is 10.2 Å². The standard InChI is InChI=1S/C30H34N4O4/c1-34(26-9-3-2-4-10-26)20-29(37)32-25-17-13-23(14-18-25)8-6-5-7-22-11-15-24(16-12-22)30(38)33-27(19-31)28(36)21-35/h11-18,26-27,35H,2-4,9-10,19-21,31H2,1H3,(H,32,37)(H,33,38)/t27-/m0/s1. The van der Waals surface area contributed by atoms with Crippen LogP contribution in [0.25, 0.3) is 0 Å². The molecule has 0 heterocycles.